The minimum absolute atomic E-state index is 0.138. The maximum atomic E-state index is 12.5. The first kappa shape index (κ1) is 21.2. The number of anilines is 1. The van der Waals surface area contributed by atoms with Gasteiger partial charge in [0.05, 0.1) is 16.3 Å². The van der Waals surface area contributed by atoms with Gasteiger partial charge in [-0.3, -0.25) is 9.89 Å². The number of thiophene rings is 1. The summed E-state index contributed by atoms with van der Waals surface area (Å²) in [6.45, 7) is 0. The zero-order chi connectivity index (χ0) is 21.1. The number of fused-ring (bicyclic) bond motifs is 1. The zero-order valence-corrected chi connectivity index (χ0v) is 18.9. The predicted octanol–water partition coefficient (Wildman–Crippen LogP) is 5.71. The van der Waals surface area contributed by atoms with Crippen molar-refractivity contribution in [3.8, 4) is 17.5 Å². The number of benzene rings is 1. The number of hydrogen-bond donors (Lipinski definition) is 2. The van der Waals surface area contributed by atoms with Crippen molar-refractivity contribution in [2.24, 2.45) is 0 Å². The lowest BCUT2D eigenvalue weighted by Crippen LogP contribution is -2.14. The molecule has 154 valence electrons. The highest BCUT2D eigenvalue weighted by Gasteiger charge is 2.21. The number of carbonyl (C=O) groups is 1. The minimum atomic E-state index is -0.191. The molecule has 2 aromatic heterocycles. The van der Waals surface area contributed by atoms with Crippen molar-refractivity contribution < 1.29 is 4.79 Å². The number of nitriles is 1. The second-order valence-electron chi connectivity index (χ2n) is 6.81. The van der Waals surface area contributed by atoms with E-state index in [2.05, 4.69) is 26.6 Å². The summed E-state index contributed by atoms with van der Waals surface area (Å²) in [5.41, 5.74) is 2.41. The smallest absolute Gasteiger partial charge is 0.235 e. The van der Waals surface area contributed by atoms with Crippen LogP contribution in [0.2, 0.25) is 10.0 Å². The highest BCUT2D eigenvalue weighted by atomic mass is 35.5. The molecular weight excluding hydrogens is 461 g/mol. The van der Waals surface area contributed by atoms with Gasteiger partial charge in [-0.05, 0) is 49.4 Å². The van der Waals surface area contributed by atoms with Crippen molar-refractivity contribution in [3.05, 3.63) is 44.2 Å². The molecule has 0 saturated heterocycles. The van der Waals surface area contributed by atoms with Crippen molar-refractivity contribution in [1.82, 2.24) is 15.2 Å². The molecule has 10 heteroatoms. The summed E-state index contributed by atoms with van der Waals surface area (Å²) in [7, 11) is 0. The molecule has 2 heterocycles. The Hall–Kier alpha value is -2.05. The maximum Gasteiger partial charge on any atom is 0.235 e. The topological polar surface area (TPSA) is 94.5 Å². The number of aromatic nitrogens is 3. The van der Waals surface area contributed by atoms with E-state index in [0.29, 0.717) is 37.2 Å². The molecule has 3 aromatic rings. The highest BCUT2D eigenvalue weighted by Crippen LogP contribution is 2.37. The van der Waals surface area contributed by atoms with Crippen molar-refractivity contribution >= 4 is 57.2 Å². The van der Waals surface area contributed by atoms with Crippen molar-refractivity contribution in [1.29, 1.82) is 5.26 Å². The van der Waals surface area contributed by atoms with Gasteiger partial charge >= 0.3 is 0 Å². The summed E-state index contributed by atoms with van der Waals surface area (Å²) in [6.07, 6.45) is 5.29. The van der Waals surface area contributed by atoms with Gasteiger partial charge in [0, 0.05) is 15.5 Å². The van der Waals surface area contributed by atoms with Crippen LogP contribution in [0.1, 0.15) is 35.3 Å². The lowest BCUT2D eigenvalue weighted by Gasteiger charge is -2.03. The summed E-state index contributed by atoms with van der Waals surface area (Å²) in [6, 6.07) is 7.40. The second-order valence-corrected chi connectivity index (χ2v) is 9.70. The first-order valence-corrected chi connectivity index (χ1v) is 12.0. The fourth-order valence-corrected chi connectivity index (χ4v) is 5.71. The Kier molecular flexibility index (Phi) is 6.64. The third-order valence-electron chi connectivity index (χ3n) is 4.77. The van der Waals surface area contributed by atoms with Crippen molar-refractivity contribution in [3.63, 3.8) is 0 Å². The standard InChI is InChI=1S/C20H17Cl2N5OS2/c21-11-6-7-13(15(22)8-11)18-25-20(27-26-18)29-10-17(28)24-19-14(9-23)12-4-2-1-3-5-16(12)30-19/h6-8H,1-5,10H2,(H,24,28)(H,25,26,27). The average molecular weight is 478 g/mol. The number of halogens is 2. The quantitative estimate of drug-likeness (QED) is 0.362. The maximum absolute atomic E-state index is 12.5. The molecule has 0 fully saturated rings. The molecule has 0 unspecified atom stereocenters. The van der Waals surface area contributed by atoms with Gasteiger partial charge in [0.2, 0.25) is 11.1 Å². The first-order chi connectivity index (χ1) is 14.5. The second kappa shape index (κ2) is 9.40. The van der Waals surface area contributed by atoms with E-state index in [1.54, 1.807) is 18.2 Å². The van der Waals surface area contributed by atoms with Gasteiger partial charge in [0.15, 0.2) is 5.82 Å². The Morgan fingerprint density at radius 2 is 2.13 bits per heavy atom. The fourth-order valence-electron chi connectivity index (χ4n) is 3.35. The molecule has 0 saturated carbocycles. The van der Waals surface area contributed by atoms with Crippen LogP contribution >= 0.6 is 46.3 Å². The van der Waals surface area contributed by atoms with Crippen molar-refractivity contribution in [2.75, 3.05) is 11.1 Å². The molecule has 0 aliphatic heterocycles. The van der Waals surface area contributed by atoms with E-state index < -0.39 is 0 Å². The minimum Gasteiger partial charge on any atom is -0.316 e. The normalized spacial score (nSPS) is 13.4. The Balaban J connectivity index is 1.40. The SMILES string of the molecule is N#Cc1c(NC(=O)CSc2n[nH]c(-c3ccc(Cl)cc3Cl)n2)sc2c1CCCCC2. The Morgan fingerprint density at radius 1 is 1.30 bits per heavy atom. The third kappa shape index (κ3) is 4.65. The van der Waals surface area contributed by atoms with E-state index >= 15 is 0 Å². The summed E-state index contributed by atoms with van der Waals surface area (Å²) < 4.78 is 0. The lowest BCUT2D eigenvalue weighted by atomic mass is 10.1. The number of aromatic amines is 1. The van der Waals surface area contributed by atoms with E-state index in [-0.39, 0.29) is 11.7 Å². The lowest BCUT2D eigenvalue weighted by molar-refractivity contribution is -0.113. The van der Waals surface area contributed by atoms with Crippen molar-refractivity contribution in [2.45, 2.75) is 37.3 Å². The number of carbonyl (C=O) groups excluding carboxylic acids is 1. The largest absolute Gasteiger partial charge is 0.316 e. The zero-order valence-electron chi connectivity index (χ0n) is 15.8. The van der Waals surface area contributed by atoms with Gasteiger partial charge in [-0.15, -0.1) is 16.4 Å². The summed E-state index contributed by atoms with van der Waals surface area (Å²) in [5.74, 6) is 0.455. The van der Waals surface area contributed by atoms with E-state index in [0.717, 1.165) is 31.2 Å². The van der Waals surface area contributed by atoms with Crippen LogP contribution in [0.4, 0.5) is 5.00 Å². The Labute approximate surface area is 192 Å². The molecule has 1 aliphatic rings. The average Bonchev–Trinajstić information content (AvgIpc) is 3.24. The number of hydrogen-bond acceptors (Lipinski definition) is 6. The Bertz CT molecular complexity index is 1130. The van der Waals surface area contributed by atoms with Crippen LogP contribution in [0.15, 0.2) is 23.4 Å². The fraction of sp³-hybridized carbons (Fsp3) is 0.300. The number of amides is 1. The molecule has 0 spiro atoms. The number of H-pyrrole nitrogens is 1. The van der Waals surface area contributed by atoms with Gasteiger partial charge < -0.3 is 5.32 Å². The van der Waals surface area contributed by atoms with E-state index in [1.807, 2.05) is 0 Å². The molecule has 1 amide bonds. The molecule has 0 atom stereocenters. The molecule has 2 N–H and O–H groups in total. The van der Waals surface area contributed by atoms with Gasteiger partial charge in [0.1, 0.15) is 11.1 Å². The summed E-state index contributed by atoms with van der Waals surface area (Å²) in [4.78, 5) is 18.1. The number of nitrogens with zero attached hydrogens (tertiary/aromatic N) is 3. The number of aryl methyl sites for hydroxylation is 1. The molecule has 0 radical (unpaired) electrons. The van der Waals surface area contributed by atoms with Crippen LogP contribution in [0.5, 0.6) is 0 Å². The molecule has 6 nitrogen and oxygen atoms in total. The van der Waals surface area contributed by atoms with E-state index in [1.165, 1.54) is 34.4 Å². The third-order valence-corrected chi connectivity index (χ3v) is 7.37. The Morgan fingerprint density at radius 3 is 2.93 bits per heavy atom. The summed E-state index contributed by atoms with van der Waals surface area (Å²) >= 11 is 14.9. The predicted molar refractivity (Wildman–Crippen MR) is 121 cm³/mol. The van der Waals surface area contributed by atoms with Gasteiger partial charge in [-0.2, -0.15) is 5.26 Å². The molecule has 4 rings (SSSR count). The molecule has 30 heavy (non-hydrogen) atoms. The van der Waals surface area contributed by atoms with Gasteiger partial charge in [-0.1, -0.05) is 41.4 Å². The molecule has 1 aliphatic carbocycles. The van der Waals surface area contributed by atoms with E-state index in [4.69, 9.17) is 23.2 Å². The number of rotatable bonds is 5. The van der Waals surface area contributed by atoms with Crippen LogP contribution in [0.3, 0.4) is 0 Å². The number of nitrogens with one attached hydrogen (secondary N) is 2. The first-order valence-electron chi connectivity index (χ1n) is 9.40. The number of thioether (sulfide) groups is 1. The van der Waals surface area contributed by atoms with Crippen LogP contribution in [0.25, 0.3) is 11.4 Å². The van der Waals surface area contributed by atoms with Gasteiger partial charge in [-0.25, -0.2) is 4.98 Å². The molecule has 0 bridgehead atoms. The van der Waals surface area contributed by atoms with E-state index in [9.17, 15) is 10.1 Å². The summed E-state index contributed by atoms with van der Waals surface area (Å²) in [5, 5.41) is 21.5. The molecular formula is C20H17Cl2N5OS2. The van der Waals surface area contributed by atoms with Crippen LogP contribution in [-0.2, 0) is 17.6 Å². The monoisotopic (exact) mass is 477 g/mol. The molecule has 1 aromatic carbocycles. The van der Waals surface area contributed by atoms with Gasteiger partial charge in [0.25, 0.3) is 0 Å². The highest BCUT2D eigenvalue weighted by molar-refractivity contribution is 7.99. The van der Waals surface area contributed by atoms with Crippen LogP contribution in [0, 0.1) is 11.3 Å². The van der Waals surface area contributed by atoms with Crippen LogP contribution in [-0.4, -0.2) is 26.8 Å². The van der Waals surface area contributed by atoms with Crippen LogP contribution < -0.4 is 5.32 Å².